The van der Waals surface area contributed by atoms with E-state index >= 15 is 0 Å². The molecule has 0 amide bonds. The second kappa shape index (κ2) is 5.96. The van der Waals surface area contributed by atoms with Crippen molar-refractivity contribution in [1.82, 2.24) is 19.6 Å². The summed E-state index contributed by atoms with van der Waals surface area (Å²) in [6.07, 6.45) is 5.84. The van der Waals surface area contributed by atoms with E-state index in [2.05, 4.69) is 32.5 Å². The largest absolute Gasteiger partial charge is 0.367 e. The molecule has 1 saturated carbocycles. The Bertz CT molecular complexity index is 789. The molecular weight excluding hydrogens is 288 g/mol. The van der Waals surface area contributed by atoms with Gasteiger partial charge in [-0.2, -0.15) is 14.6 Å². The van der Waals surface area contributed by atoms with E-state index < -0.39 is 0 Å². The fraction of sp³-hybridized carbons (Fsp3) is 0.353. The number of hydrogen-bond donors (Lipinski definition) is 2. The summed E-state index contributed by atoms with van der Waals surface area (Å²) in [5.41, 5.74) is 7.98. The van der Waals surface area contributed by atoms with Crippen molar-refractivity contribution in [1.29, 1.82) is 0 Å². The van der Waals surface area contributed by atoms with E-state index in [9.17, 15) is 0 Å². The molecule has 0 bridgehead atoms. The normalized spacial score (nSPS) is 21.4. The quantitative estimate of drug-likeness (QED) is 0.777. The van der Waals surface area contributed by atoms with Gasteiger partial charge in [-0.25, -0.2) is 4.98 Å². The molecule has 3 aromatic rings. The van der Waals surface area contributed by atoms with Crippen molar-refractivity contribution in [3.8, 4) is 11.3 Å². The van der Waals surface area contributed by atoms with Gasteiger partial charge in [-0.15, -0.1) is 0 Å². The highest BCUT2D eigenvalue weighted by Gasteiger charge is 2.20. The molecule has 0 spiro atoms. The highest BCUT2D eigenvalue weighted by atomic mass is 15.4. The Morgan fingerprint density at radius 1 is 1.09 bits per heavy atom. The van der Waals surface area contributed by atoms with Gasteiger partial charge in [0, 0.05) is 23.7 Å². The van der Waals surface area contributed by atoms with E-state index in [1.54, 1.807) is 10.8 Å². The van der Waals surface area contributed by atoms with Crippen LogP contribution in [0.2, 0.25) is 0 Å². The van der Waals surface area contributed by atoms with Gasteiger partial charge < -0.3 is 11.1 Å². The van der Waals surface area contributed by atoms with Crippen molar-refractivity contribution in [2.75, 3.05) is 5.32 Å². The summed E-state index contributed by atoms with van der Waals surface area (Å²) in [6, 6.07) is 13.0. The maximum atomic E-state index is 6.00. The van der Waals surface area contributed by atoms with Crippen molar-refractivity contribution >= 4 is 11.6 Å². The molecule has 1 aliphatic carbocycles. The van der Waals surface area contributed by atoms with Gasteiger partial charge in [-0.05, 0) is 25.7 Å². The first-order valence-corrected chi connectivity index (χ1v) is 8.08. The number of aromatic nitrogens is 4. The van der Waals surface area contributed by atoms with E-state index in [0.29, 0.717) is 17.9 Å². The van der Waals surface area contributed by atoms with Gasteiger partial charge in [0.05, 0.1) is 5.69 Å². The number of fused-ring (bicyclic) bond motifs is 1. The van der Waals surface area contributed by atoms with Crippen molar-refractivity contribution < 1.29 is 0 Å². The molecule has 23 heavy (non-hydrogen) atoms. The highest BCUT2D eigenvalue weighted by molar-refractivity contribution is 5.65. The van der Waals surface area contributed by atoms with Crippen LogP contribution in [0.25, 0.3) is 17.0 Å². The molecule has 6 nitrogen and oxygen atoms in total. The summed E-state index contributed by atoms with van der Waals surface area (Å²) in [5, 5.41) is 7.90. The summed E-state index contributed by atoms with van der Waals surface area (Å²) >= 11 is 0. The molecule has 1 fully saturated rings. The molecule has 0 unspecified atom stereocenters. The monoisotopic (exact) mass is 308 g/mol. The first-order valence-electron chi connectivity index (χ1n) is 8.08. The van der Waals surface area contributed by atoms with E-state index in [1.165, 1.54) is 0 Å². The van der Waals surface area contributed by atoms with Crippen LogP contribution in [-0.2, 0) is 0 Å². The van der Waals surface area contributed by atoms with Crippen molar-refractivity contribution in [2.24, 2.45) is 5.73 Å². The van der Waals surface area contributed by atoms with Gasteiger partial charge in [0.15, 0.2) is 0 Å². The van der Waals surface area contributed by atoms with Crippen LogP contribution >= 0.6 is 0 Å². The Morgan fingerprint density at radius 3 is 2.65 bits per heavy atom. The van der Waals surface area contributed by atoms with Gasteiger partial charge in [-0.1, -0.05) is 30.3 Å². The van der Waals surface area contributed by atoms with E-state index in [4.69, 9.17) is 5.73 Å². The fourth-order valence-electron chi connectivity index (χ4n) is 3.14. The molecule has 0 atom stereocenters. The summed E-state index contributed by atoms with van der Waals surface area (Å²) in [6.45, 7) is 0. The van der Waals surface area contributed by atoms with Gasteiger partial charge in [-0.3, -0.25) is 0 Å². The highest BCUT2D eigenvalue weighted by Crippen LogP contribution is 2.25. The first-order chi connectivity index (χ1) is 11.3. The molecule has 1 aliphatic rings. The second-order valence-corrected chi connectivity index (χ2v) is 6.12. The molecule has 0 radical (unpaired) electrons. The summed E-state index contributed by atoms with van der Waals surface area (Å²) in [7, 11) is 0. The van der Waals surface area contributed by atoms with Crippen molar-refractivity contribution in [3.63, 3.8) is 0 Å². The Kier molecular flexibility index (Phi) is 3.67. The molecule has 0 saturated heterocycles. The topological polar surface area (TPSA) is 81.1 Å². The maximum absolute atomic E-state index is 6.00. The van der Waals surface area contributed by atoms with Gasteiger partial charge in [0.2, 0.25) is 0 Å². The van der Waals surface area contributed by atoms with Crippen LogP contribution in [0.3, 0.4) is 0 Å². The molecule has 6 heteroatoms. The number of nitrogens with zero attached hydrogens (tertiary/aromatic N) is 4. The number of nitrogens with two attached hydrogens (primary N) is 1. The van der Waals surface area contributed by atoms with Crippen molar-refractivity contribution in [2.45, 2.75) is 37.8 Å². The lowest BCUT2D eigenvalue weighted by Gasteiger charge is -2.27. The van der Waals surface area contributed by atoms with Crippen LogP contribution in [0.15, 0.2) is 42.7 Å². The zero-order valence-electron chi connectivity index (χ0n) is 12.9. The lowest BCUT2D eigenvalue weighted by Crippen LogP contribution is -2.33. The third kappa shape index (κ3) is 2.90. The van der Waals surface area contributed by atoms with Crippen LogP contribution in [0.5, 0.6) is 0 Å². The number of nitrogens with one attached hydrogen (secondary N) is 1. The molecular formula is C17H20N6. The molecule has 3 N–H and O–H groups in total. The van der Waals surface area contributed by atoms with Crippen molar-refractivity contribution in [3.05, 3.63) is 42.7 Å². The third-order valence-corrected chi connectivity index (χ3v) is 4.45. The molecule has 1 aromatic carbocycles. The van der Waals surface area contributed by atoms with Gasteiger partial charge >= 0.3 is 0 Å². The van der Waals surface area contributed by atoms with Crippen LogP contribution in [0, 0.1) is 0 Å². The van der Waals surface area contributed by atoms with E-state index in [-0.39, 0.29) is 0 Å². The van der Waals surface area contributed by atoms with Crippen LogP contribution in [0.1, 0.15) is 25.7 Å². The lowest BCUT2D eigenvalue weighted by atomic mass is 9.92. The lowest BCUT2D eigenvalue weighted by molar-refractivity contribution is 0.410. The Hall–Kier alpha value is -2.47. The van der Waals surface area contributed by atoms with Crippen LogP contribution in [-0.4, -0.2) is 31.7 Å². The number of anilines is 1. The Balaban J connectivity index is 1.69. The standard InChI is InChI=1S/C17H20N6/c18-13-6-8-14(9-7-13)21-16-10-15(12-4-2-1-3-5-12)22-17-19-11-20-23(16)17/h1-5,10-11,13-14,21H,6-9,18H2. The average molecular weight is 308 g/mol. The van der Waals surface area contributed by atoms with E-state index in [1.807, 2.05) is 24.3 Å². The summed E-state index contributed by atoms with van der Waals surface area (Å²) < 4.78 is 1.76. The predicted octanol–water partition coefficient (Wildman–Crippen LogP) is 2.47. The maximum Gasteiger partial charge on any atom is 0.254 e. The fourth-order valence-corrected chi connectivity index (χ4v) is 3.14. The zero-order chi connectivity index (χ0) is 15.6. The van der Waals surface area contributed by atoms with E-state index in [0.717, 1.165) is 42.8 Å². The molecule has 0 aliphatic heterocycles. The van der Waals surface area contributed by atoms with Gasteiger partial charge in [0.1, 0.15) is 12.1 Å². The number of rotatable bonds is 3. The molecule has 118 valence electrons. The second-order valence-electron chi connectivity index (χ2n) is 6.12. The summed E-state index contributed by atoms with van der Waals surface area (Å²) in [5.74, 6) is 1.55. The SMILES string of the molecule is NC1CCC(Nc2cc(-c3ccccc3)nc3ncnn23)CC1. The molecule has 2 aromatic heterocycles. The zero-order valence-corrected chi connectivity index (χ0v) is 12.9. The number of benzene rings is 1. The molecule has 4 rings (SSSR count). The molecule has 2 heterocycles. The summed E-state index contributed by atoms with van der Waals surface area (Å²) in [4.78, 5) is 8.85. The Labute approximate surface area is 134 Å². The van der Waals surface area contributed by atoms with Crippen LogP contribution < -0.4 is 11.1 Å². The first kappa shape index (κ1) is 14.1. The minimum atomic E-state index is 0.344. The number of hydrogen-bond acceptors (Lipinski definition) is 5. The smallest absolute Gasteiger partial charge is 0.254 e. The van der Waals surface area contributed by atoms with Gasteiger partial charge in [0.25, 0.3) is 5.78 Å². The minimum absolute atomic E-state index is 0.344. The average Bonchev–Trinajstić information content (AvgIpc) is 3.06. The predicted molar refractivity (Wildman–Crippen MR) is 90.1 cm³/mol. The Morgan fingerprint density at radius 2 is 1.87 bits per heavy atom. The third-order valence-electron chi connectivity index (χ3n) is 4.45. The minimum Gasteiger partial charge on any atom is -0.367 e. The van der Waals surface area contributed by atoms with Crippen LogP contribution in [0.4, 0.5) is 5.82 Å².